The van der Waals surface area contributed by atoms with Crippen LogP contribution in [-0.2, 0) is 0 Å². The van der Waals surface area contributed by atoms with E-state index in [0.29, 0.717) is 10.9 Å². The molecule has 0 spiro atoms. The lowest BCUT2D eigenvalue weighted by Crippen LogP contribution is -2.15. The van der Waals surface area contributed by atoms with Crippen molar-refractivity contribution in [2.45, 2.75) is 6.42 Å². The Hall–Kier alpha value is -0.250. The summed E-state index contributed by atoms with van der Waals surface area (Å²) in [5.74, 6) is 1.39. The molecule has 4 heteroatoms. The molecule has 0 aromatic heterocycles. The second-order valence-electron chi connectivity index (χ2n) is 3.74. The van der Waals surface area contributed by atoms with Crippen molar-refractivity contribution in [2.24, 2.45) is 5.92 Å². The van der Waals surface area contributed by atoms with E-state index in [0.717, 1.165) is 29.9 Å². The average Bonchev–Trinajstić information content (AvgIpc) is 2.69. The van der Waals surface area contributed by atoms with E-state index < -0.39 is 0 Å². The van der Waals surface area contributed by atoms with E-state index in [1.165, 1.54) is 6.42 Å². The summed E-state index contributed by atoms with van der Waals surface area (Å²) in [6.07, 6.45) is 1.19. The molecule has 0 amide bonds. The van der Waals surface area contributed by atoms with E-state index in [1.807, 2.05) is 18.2 Å². The molecule has 82 valence electrons. The number of rotatable bonds is 3. The summed E-state index contributed by atoms with van der Waals surface area (Å²) in [5, 5.41) is 3.97. The Morgan fingerprint density at radius 1 is 1.53 bits per heavy atom. The summed E-state index contributed by atoms with van der Waals surface area (Å²) < 4.78 is 6.66. The number of hydrogen-bond acceptors (Lipinski definition) is 2. The number of halogens is 2. The van der Waals surface area contributed by atoms with Crippen LogP contribution in [0.1, 0.15) is 6.42 Å². The van der Waals surface area contributed by atoms with Crippen LogP contribution in [0.4, 0.5) is 0 Å². The smallest absolute Gasteiger partial charge is 0.137 e. The van der Waals surface area contributed by atoms with Crippen LogP contribution < -0.4 is 10.1 Å². The molecule has 2 rings (SSSR count). The molecular weight excluding hydrogens is 277 g/mol. The highest BCUT2D eigenvalue weighted by molar-refractivity contribution is 9.10. The second-order valence-corrected chi connectivity index (χ2v) is 5.07. The van der Waals surface area contributed by atoms with E-state index in [4.69, 9.17) is 16.3 Å². The lowest BCUT2D eigenvalue weighted by atomic mass is 10.1. The summed E-state index contributed by atoms with van der Waals surface area (Å²) in [5.41, 5.74) is 0. The third-order valence-corrected chi connectivity index (χ3v) is 3.32. The zero-order valence-corrected chi connectivity index (χ0v) is 10.6. The Bertz CT molecular complexity index is 339. The normalized spacial score (nSPS) is 20.5. The quantitative estimate of drug-likeness (QED) is 0.924. The van der Waals surface area contributed by atoms with Gasteiger partial charge in [0.2, 0.25) is 0 Å². The van der Waals surface area contributed by atoms with Gasteiger partial charge in [0.15, 0.2) is 0 Å². The first-order valence-corrected chi connectivity index (χ1v) is 6.21. The van der Waals surface area contributed by atoms with Crippen molar-refractivity contribution in [3.05, 3.63) is 27.7 Å². The first-order chi connectivity index (χ1) is 7.25. The third-order valence-electron chi connectivity index (χ3n) is 2.53. The largest absolute Gasteiger partial charge is 0.492 e. The summed E-state index contributed by atoms with van der Waals surface area (Å²) >= 11 is 9.41. The lowest BCUT2D eigenvalue weighted by Gasteiger charge is -2.12. The first kappa shape index (κ1) is 11.2. The maximum Gasteiger partial charge on any atom is 0.137 e. The van der Waals surface area contributed by atoms with E-state index in [-0.39, 0.29) is 0 Å². The molecule has 1 heterocycles. The molecule has 1 fully saturated rings. The van der Waals surface area contributed by atoms with Crippen molar-refractivity contribution >= 4 is 27.5 Å². The number of ether oxygens (including phenoxy) is 1. The van der Waals surface area contributed by atoms with Gasteiger partial charge in [-0.1, -0.05) is 27.5 Å². The highest BCUT2D eigenvalue weighted by atomic mass is 79.9. The van der Waals surface area contributed by atoms with Crippen molar-refractivity contribution in [1.29, 1.82) is 0 Å². The van der Waals surface area contributed by atoms with Gasteiger partial charge in [-0.2, -0.15) is 0 Å². The molecular formula is C11H13BrClNO. The van der Waals surface area contributed by atoms with Crippen molar-refractivity contribution < 1.29 is 4.74 Å². The van der Waals surface area contributed by atoms with Crippen LogP contribution in [0.5, 0.6) is 5.75 Å². The number of hydrogen-bond donors (Lipinski definition) is 1. The molecule has 1 N–H and O–H groups in total. The predicted molar refractivity (Wildman–Crippen MR) is 65.6 cm³/mol. The molecule has 0 saturated carbocycles. The van der Waals surface area contributed by atoms with Gasteiger partial charge < -0.3 is 10.1 Å². The van der Waals surface area contributed by atoms with Gasteiger partial charge in [0.05, 0.1) is 11.6 Å². The topological polar surface area (TPSA) is 21.3 Å². The van der Waals surface area contributed by atoms with Crippen LogP contribution in [0, 0.1) is 5.92 Å². The SMILES string of the molecule is Clc1cc(Br)ccc1OC[C@@H]1CCNC1. The fraction of sp³-hybridized carbons (Fsp3) is 0.455. The minimum atomic E-state index is 0.615. The van der Waals surface area contributed by atoms with Crippen molar-refractivity contribution in [3.63, 3.8) is 0 Å². The maximum atomic E-state index is 6.04. The molecule has 0 bridgehead atoms. The van der Waals surface area contributed by atoms with E-state index >= 15 is 0 Å². The minimum absolute atomic E-state index is 0.615. The van der Waals surface area contributed by atoms with Crippen LogP contribution in [0.25, 0.3) is 0 Å². The molecule has 1 aromatic carbocycles. The van der Waals surface area contributed by atoms with Gasteiger partial charge in [-0.25, -0.2) is 0 Å². The lowest BCUT2D eigenvalue weighted by molar-refractivity contribution is 0.260. The standard InChI is InChI=1S/C11H13BrClNO/c12-9-1-2-11(10(13)5-9)15-7-8-3-4-14-6-8/h1-2,5,8,14H,3-4,6-7H2/t8-/m1/s1. The van der Waals surface area contributed by atoms with Gasteiger partial charge in [-0.15, -0.1) is 0 Å². The molecule has 1 aliphatic heterocycles. The zero-order chi connectivity index (χ0) is 10.7. The van der Waals surface area contributed by atoms with Crippen LogP contribution in [0.15, 0.2) is 22.7 Å². The predicted octanol–water partition coefficient (Wildman–Crippen LogP) is 3.09. The first-order valence-electron chi connectivity index (χ1n) is 5.04. The van der Waals surface area contributed by atoms with Crippen molar-refractivity contribution in [1.82, 2.24) is 5.32 Å². The fourth-order valence-electron chi connectivity index (χ4n) is 1.66. The van der Waals surface area contributed by atoms with Crippen LogP contribution in [-0.4, -0.2) is 19.7 Å². The fourth-order valence-corrected chi connectivity index (χ4v) is 2.38. The van der Waals surface area contributed by atoms with Crippen LogP contribution in [0.2, 0.25) is 5.02 Å². The molecule has 1 aromatic rings. The zero-order valence-electron chi connectivity index (χ0n) is 8.30. The maximum absolute atomic E-state index is 6.04. The molecule has 15 heavy (non-hydrogen) atoms. The Balaban J connectivity index is 1.92. The van der Waals surface area contributed by atoms with Gasteiger partial charge in [0, 0.05) is 16.9 Å². The summed E-state index contributed by atoms with van der Waals surface area (Å²) in [6.45, 7) is 2.89. The molecule has 0 radical (unpaired) electrons. The summed E-state index contributed by atoms with van der Waals surface area (Å²) in [6, 6.07) is 5.69. The van der Waals surface area contributed by atoms with E-state index in [2.05, 4.69) is 21.2 Å². The highest BCUT2D eigenvalue weighted by Crippen LogP contribution is 2.28. The molecule has 0 aliphatic carbocycles. The summed E-state index contributed by atoms with van der Waals surface area (Å²) in [7, 11) is 0. The van der Waals surface area contributed by atoms with Crippen LogP contribution in [0.3, 0.4) is 0 Å². The Kier molecular flexibility index (Phi) is 3.89. The second kappa shape index (κ2) is 5.19. The minimum Gasteiger partial charge on any atom is -0.492 e. The summed E-state index contributed by atoms with van der Waals surface area (Å²) in [4.78, 5) is 0. The molecule has 1 aliphatic rings. The van der Waals surface area contributed by atoms with Crippen LogP contribution >= 0.6 is 27.5 Å². The average molecular weight is 291 g/mol. The molecule has 1 saturated heterocycles. The monoisotopic (exact) mass is 289 g/mol. The molecule has 0 unspecified atom stereocenters. The van der Waals surface area contributed by atoms with E-state index in [9.17, 15) is 0 Å². The van der Waals surface area contributed by atoms with Gasteiger partial charge in [0.1, 0.15) is 5.75 Å². The van der Waals surface area contributed by atoms with Crippen molar-refractivity contribution in [3.8, 4) is 5.75 Å². The van der Waals surface area contributed by atoms with Gasteiger partial charge >= 0.3 is 0 Å². The Morgan fingerprint density at radius 3 is 3.07 bits per heavy atom. The Morgan fingerprint density at radius 2 is 2.40 bits per heavy atom. The van der Waals surface area contributed by atoms with Gasteiger partial charge in [0.25, 0.3) is 0 Å². The van der Waals surface area contributed by atoms with Gasteiger partial charge in [-0.3, -0.25) is 0 Å². The van der Waals surface area contributed by atoms with Gasteiger partial charge in [-0.05, 0) is 31.2 Å². The van der Waals surface area contributed by atoms with E-state index in [1.54, 1.807) is 0 Å². The third kappa shape index (κ3) is 3.10. The number of nitrogens with one attached hydrogen (secondary N) is 1. The molecule has 2 nitrogen and oxygen atoms in total. The van der Waals surface area contributed by atoms with Crippen molar-refractivity contribution in [2.75, 3.05) is 19.7 Å². The highest BCUT2D eigenvalue weighted by Gasteiger charge is 2.15. The Labute approximate surface area is 103 Å². The molecule has 1 atom stereocenters. The number of benzene rings is 1.